The zero-order chi connectivity index (χ0) is 22.3. The molecule has 3 aromatic rings. The smallest absolute Gasteiger partial charge is 0.248 e. The summed E-state index contributed by atoms with van der Waals surface area (Å²) in [6, 6.07) is 23.1. The number of anilines is 2. The largest absolute Gasteiger partial charge is 0.322 e. The maximum atomic E-state index is 12.5. The van der Waals surface area contributed by atoms with Crippen molar-refractivity contribution >= 4 is 33.4 Å². The van der Waals surface area contributed by atoms with Crippen LogP contribution in [0, 0.1) is 6.92 Å². The first-order valence-corrected chi connectivity index (χ1v) is 11.8. The summed E-state index contributed by atoms with van der Waals surface area (Å²) in [5.74, 6) is -0.241. The fourth-order valence-electron chi connectivity index (χ4n) is 3.17. The van der Waals surface area contributed by atoms with Crippen LogP contribution in [0.15, 0.2) is 78.9 Å². The second-order valence-electron chi connectivity index (χ2n) is 7.21. The van der Waals surface area contributed by atoms with E-state index in [0.717, 1.165) is 16.7 Å². The number of amides is 1. The molecule has 3 rings (SSSR count). The predicted molar refractivity (Wildman–Crippen MR) is 128 cm³/mol. The van der Waals surface area contributed by atoms with Crippen LogP contribution in [0.2, 0.25) is 0 Å². The Morgan fingerprint density at radius 3 is 2.32 bits per heavy atom. The Kier molecular flexibility index (Phi) is 7.26. The minimum Gasteiger partial charge on any atom is -0.322 e. The molecule has 0 fully saturated rings. The van der Waals surface area contributed by atoms with Crippen molar-refractivity contribution in [1.82, 2.24) is 0 Å². The molecule has 0 aliphatic carbocycles. The first kappa shape index (κ1) is 22.3. The van der Waals surface area contributed by atoms with Gasteiger partial charge in [0.15, 0.2) is 0 Å². The molecule has 0 aromatic heterocycles. The van der Waals surface area contributed by atoms with Crippen molar-refractivity contribution in [2.75, 3.05) is 15.8 Å². The van der Waals surface area contributed by atoms with Crippen LogP contribution < -0.4 is 10.0 Å². The van der Waals surface area contributed by atoms with E-state index in [-0.39, 0.29) is 11.7 Å². The molecule has 3 aromatic carbocycles. The fourth-order valence-corrected chi connectivity index (χ4v) is 4.36. The highest BCUT2D eigenvalue weighted by Gasteiger charge is 2.12. The van der Waals surface area contributed by atoms with Crippen LogP contribution in [-0.4, -0.2) is 20.1 Å². The number of carbonyl (C=O) groups excluding carboxylic acids is 1. The summed E-state index contributed by atoms with van der Waals surface area (Å²) in [6.07, 6.45) is 3.75. The van der Waals surface area contributed by atoms with Gasteiger partial charge in [-0.3, -0.25) is 9.52 Å². The highest BCUT2D eigenvalue weighted by atomic mass is 32.2. The summed E-state index contributed by atoms with van der Waals surface area (Å²) in [5.41, 5.74) is 4.78. The van der Waals surface area contributed by atoms with Crippen LogP contribution in [0.3, 0.4) is 0 Å². The van der Waals surface area contributed by atoms with E-state index in [9.17, 15) is 13.2 Å². The van der Waals surface area contributed by atoms with Gasteiger partial charge < -0.3 is 5.32 Å². The van der Waals surface area contributed by atoms with Gasteiger partial charge >= 0.3 is 0 Å². The molecule has 0 radical (unpaired) electrons. The highest BCUT2D eigenvalue weighted by Crippen LogP contribution is 2.25. The number of rotatable bonds is 8. The zero-order valence-corrected chi connectivity index (χ0v) is 18.4. The molecule has 2 N–H and O–H groups in total. The molecule has 0 aliphatic rings. The molecule has 160 valence electrons. The quantitative estimate of drug-likeness (QED) is 0.462. The lowest BCUT2D eigenvalue weighted by atomic mass is 10.0. The van der Waals surface area contributed by atoms with Crippen LogP contribution in [0.5, 0.6) is 0 Å². The Balaban J connectivity index is 1.71. The molecule has 6 heteroatoms. The van der Waals surface area contributed by atoms with Crippen molar-refractivity contribution in [3.63, 3.8) is 0 Å². The van der Waals surface area contributed by atoms with Gasteiger partial charge in [0.05, 0.1) is 11.4 Å². The van der Waals surface area contributed by atoms with Crippen molar-refractivity contribution in [3.8, 4) is 11.1 Å². The summed E-state index contributed by atoms with van der Waals surface area (Å²) in [7, 11) is -3.40. The molecule has 0 heterocycles. The standard InChI is InChI=1S/C25H26N2O3S/c1-3-17-31(29,30)27-24-14-8-13-23(19(24)2)26-25(28)16-15-20-9-7-12-22(18-20)21-10-5-4-6-11-21/h4-16,18,27H,3,17H2,1-2H3,(H,26,28). The average molecular weight is 435 g/mol. The first-order valence-electron chi connectivity index (χ1n) is 10.1. The number of hydrogen-bond donors (Lipinski definition) is 2. The molecule has 5 nitrogen and oxygen atoms in total. The third kappa shape index (κ3) is 6.30. The van der Waals surface area contributed by atoms with Crippen LogP contribution in [0.4, 0.5) is 11.4 Å². The Morgan fingerprint density at radius 1 is 0.903 bits per heavy atom. The van der Waals surface area contributed by atoms with Crippen LogP contribution in [0.25, 0.3) is 17.2 Å². The summed E-state index contributed by atoms with van der Waals surface area (Å²) in [4.78, 5) is 12.5. The SMILES string of the molecule is CCCS(=O)(=O)Nc1cccc(NC(=O)C=Cc2cccc(-c3ccccc3)c2)c1C. The van der Waals surface area contributed by atoms with Crippen molar-refractivity contribution in [2.45, 2.75) is 20.3 Å². The third-order valence-electron chi connectivity index (χ3n) is 4.75. The minimum absolute atomic E-state index is 0.0494. The van der Waals surface area contributed by atoms with Gasteiger partial charge in [0.1, 0.15) is 0 Å². The van der Waals surface area contributed by atoms with Crippen LogP contribution in [-0.2, 0) is 14.8 Å². The minimum atomic E-state index is -3.40. The van der Waals surface area contributed by atoms with E-state index in [1.165, 1.54) is 6.08 Å². The molecule has 0 spiro atoms. The van der Waals surface area contributed by atoms with Crippen molar-refractivity contribution in [3.05, 3.63) is 90.0 Å². The Hall–Kier alpha value is -3.38. The Labute approximate surface area is 183 Å². The van der Waals surface area contributed by atoms with E-state index >= 15 is 0 Å². The van der Waals surface area contributed by atoms with Gasteiger partial charge in [0, 0.05) is 11.8 Å². The topological polar surface area (TPSA) is 75.3 Å². The molecule has 1 amide bonds. The Morgan fingerprint density at radius 2 is 1.58 bits per heavy atom. The maximum absolute atomic E-state index is 12.5. The summed E-state index contributed by atoms with van der Waals surface area (Å²) >= 11 is 0. The second-order valence-corrected chi connectivity index (χ2v) is 9.06. The van der Waals surface area contributed by atoms with E-state index < -0.39 is 10.0 Å². The van der Waals surface area contributed by atoms with Gasteiger partial charge in [0.2, 0.25) is 15.9 Å². The fraction of sp³-hybridized carbons (Fsp3) is 0.160. The summed E-state index contributed by atoms with van der Waals surface area (Å²) in [5, 5.41) is 2.82. The van der Waals surface area contributed by atoms with Gasteiger partial charge in [-0.05, 0) is 59.9 Å². The lowest BCUT2D eigenvalue weighted by Crippen LogP contribution is -2.17. The second kappa shape index (κ2) is 10.1. The van der Waals surface area contributed by atoms with Crippen LogP contribution >= 0.6 is 0 Å². The van der Waals surface area contributed by atoms with Gasteiger partial charge in [-0.1, -0.05) is 61.5 Å². The number of benzene rings is 3. The third-order valence-corrected chi connectivity index (χ3v) is 6.23. The first-order chi connectivity index (χ1) is 14.9. The summed E-state index contributed by atoms with van der Waals surface area (Å²) < 4.78 is 26.7. The maximum Gasteiger partial charge on any atom is 0.248 e. The van der Waals surface area contributed by atoms with E-state index in [2.05, 4.69) is 10.0 Å². The number of hydrogen-bond acceptors (Lipinski definition) is 3. The molecule has 0 atom stereocenters. The lowest BCUT2D eigenvalue weighted by molar-refractivity contribution is -0.111. The molecule has 0 saturated carbocycles. The average Bonchev–Trinajstić information content (AvgIpc) is 2.76. The lowest BCUT2D eigenvalue weighted by Gasteiger charge is -2.13. The molecule has 0 aliphatic heterocycles. The predicted octanol–water partition coefficient (Wildman–Crippen LogP) is 5.47. The zero-order valence-electron chi connectivity index (χ0n) is 17.6. The van der Waals surface area contributed by atoms with E-state index in [4.69, 9.17) is 0 Å². The van der Waals surface area contributed by atoms with E-state index in [0.29, 0.717) is 23.4 Å². The van der Waals surface area contributed by atoms with Gasteiger partial charge in [-0.25, -0.2) is 8.42 Å². The van der Waals surface area contributed by atoms with Gasteiger partial charge in [-0.15, -0.1) is 0 Å². The van der Waals surface area contributed by atoms with E-state index in [1.54, 1.807) is 31.2 Å². The molecular weight excluding hydrogens is 408 g/mol. The number of carbonyl (C=O) groups is 1. The molecule has 0 unspecified atom stereocenters. The van der Waals surface area contributed by atoms with Crippen molar-refractivity contribution in [2.24, 2.45) is 0 Å². The number of sulfonamides is 1. The monoisotopic (exact) mass is 434 g/mol. The number of nitrogens with one attached hydrogen (secondary N) is 2. The van der Waals surface area contributed by atoms with Crippen LogP contribution in [0.1, 0.15) is 24.5 Å². The van der Waals surface area contributed by atoms with Crippen molar-refractivity contribution < 1.29 is 13.2 Å². The van der Waals surface area contributed by atoms with Gasteiger partial charge in [0.25, 0.3) is 0 Å². The molecular formula is C25H26N2O3S. The highest BCUT2D eigenvalue weighted by molar-refractivity contribution is 7.92. The molecule has 0 bridgehead atoms. The normalized spacial score (nSPS) is 11.4. The molecule has 31 heavy (non-hydrogen) atoms. The van der Waals surface area contributed by atoms with Gasteiger partial charge in [-0.2, -0.15) is 0 Å². The van der Waals surface area contributed by atoms with E-state index in [1.807, 2.05) is 61.5 Å². The van der Waals surface area contributed by atoms with Crippen molar-refractivity contribution in [1.29, 1.82) is 0 Å². The molecule has 0 saturated heterocycles. The Bertz CT molecular complexity index is 1190. The summed E-state index contributed by atoms with van der Waals surface area (Å²) in [6.45, 7) is 3.58.